The zero-order valence-electron chi connectivity index (χ0n) is 24.4. The molecule has 2 aliphatic rings. The first kappa shape index (κ1) is 31.8. The lowest BCUT2D eigenvalue weighted by Crippen LogP contribution is -2.50. The summed E-state index contributed by atoms with van der Waals surface area (Å²) in [5, 5.41) is 15.7. The number of amides is 2. The molecular weight excluding hydrogens is 547 g/mol. The van der Waals surface area contributed by atoms with Gasteiger partial charge >= 0.3 is 6.09 Å². The van der Waals surface area contributed by atoms with Gasteiger partial charge in [-0.3, -0.25) is 4.79 Å². The molecule has 0 unspecified atom stereocenters. The lowest BCUT2D eigenvalue weighted by molar-refractivity contribution is -0.142. The van der Waals surface area contributed by atoms with E-state index in [2.05, 4.69) is 5.32 Å². The summed E-state index contributed by atoms with van der Waals surface area (Å²) in [7, 11) is 1.93. The van der Waals surface area contributed by atoms with Crippen LogP contribution < -0.4 is 11.1 Å². The number of likely N-dealkylation sites (tertiary alicyclic amines) is 1. The molecule has 2 aromatic carbocycles. The topological polar surface area (TPSA) is 105 Å². The van der Waals surface area contributed by atoms with E-state index in [-0.39, 0.29) is 60.1 Å². The molecule has 1 aliphatic heterocycles. The van der Waals surface area contributed by atoms with Gasteiger partial charge in [0.1, 0.15) is 17.5 Å². The van der Waals surface area contributed by atoms with Crippen molar-refractivity contribution in [1.82, 2.24) is 10.2 Å². The Hall–Kier alpha value is -3.11. The second-order valence-electron chi connectivity index (χ2n) is 11.8. The van der Waals surface area contributed by atoms with E-state index in [4.69, 9.17) is 10.5 Å². The molecule has 2 amide bonds. The van der Waals surface area contributed by atoms with Crippen LogP contribution in [-0.2, 0) is 15.1 Å². The summed E-state index contributed by atoms with van der Waals surface area (Å²) in [6.07, 6.45) is 3.71. The lowest BCUT2D eigenvalue weighted by atomic mass is 9.71. The Morgan fingerprint density at radius 3 is 2.50 bits per heavy atom. The fraction of sp³-hybridized carbons (Fsp3) is 0.562. The Bertz CT molecular complexity index is 1270. The highest BCUT2D eigenvalue weighted by Gasteiger charge is 2.45. The summed E-state index contributed by atoms with van der Waals surface area (Å²) in [5.41, 5.74) is 2.56. The normalized spacial score (nSPS) is 22.4. The number of nitrogens with one attached hydrogen (secondary N) is 1. The van der Waals surface area contributed by atoms with Gasteiger partial charge in [-0.15, -0.1) is 0 Å². The maximum absolute atomic E-state index is 15.8. The first-order chi connectivity index (χ1) is 20.1. The highest BCUT2D eigenvalue weighted by Crippen LogP contribution is 2.46. The van der Waals surface area contributed by atoms with Gasteiger partial charge in [0.15, 0.2) is 0 Å². The lowest BCUT2D eigenvalue weighted by Gasteiger charge is -2.44. The third-order valence-electron chi connectivity index (χ3n) is 9.10. The summed E-state index contributed by atoms with van der Waals surface area (Å²) in [6, 6.07) is 6.68. The largest absolute Gasteiger partial charge is 0.450 e. The summed E-state index contributed by atoms with van der Waals surface area (Å²) >= 11 is 0. The van der Waals surface area contributed by atoms with Crippen molar-refractivity contribution in [3.63, 3.8) is 0 Å². The fourth-order valence-corrected chi connectivity index (χ4v) is 6.79. The molecule has 1 saturated heterocycles. The summed E-state index contributed by atoms with van der Waals surface area (Å²) in [4.78, 5) is 26.6. The molecule has 1 saturated carbocycles. The average molecular weight is 590 g/mol. The Kier molecular flexibility index (Phi) is 10.5. The first-order valence-corrected chi connectivity index (χ1v) is 14.9. The molecule has 0 spiro atoms. The number of piperidine rings is 1. The van der Waals surface area contributed by atoms with E-state index in [1.165, 1.54) is 25.1 Å². The van der Waals surface area contributed by atoms with Crippen molar-refractivity contribution < 1.29 is 32.6 Å². The summed E-state index contributed by atoms with van der Waals surface area (Å²) in [6.45, 7) is 2.80. The Morgan fingerprint density at radius 1 is 1.12 bits per heavy atom. The predicted octanol–water partition coefficient (Wildman–Crippen LogP) is 5.41. The van der Waals surface area contributed by atoms with Gasteiger partial charge in [-0.05, 0) is 95.5 Å². The fourth-order valence-electron chi connectivity index (χ4n) is 6.79. The molecule has 10 heteroatoms. The van der Waals surface area contributed by atoms with Crippen molar-refractivity contribution >= 4 is 12.0 Å². The zero-order valence-corrected chi connectivity index (χ0v) is 24.4. The van der Waals surface area contributed by atoms with Gasteiger partial charge in [-0.1, -0.05) is 18.2 Å². The number of carbonyl (C=O) groups is 2. The number of benzene rings is 2. The molecule has 0 aromatic heterocycles. The number of hydrogen-bond donors (Lipinski definition) is 3. The molecule has 1 aliphatic carbocycles. The molecule has 2 fully saturated rings. The standard InChI is InChI=1S/C32H42F3N3O4/c1-20-27(34)17-25(28(29(20)35)24-8-3-4-9-26(24)33)32(41,14-6-16-42-31(36)40)23-7-5-15-38(19-23)30(39)22-12-10-21(11-13-22)18-37-2/h3-4,8-9,17,21-23,37,41H,5-7,10-16,18-19H2,1-2H3,(H2,36,40)/t21?,22?,23-,32+/m1/s1. The minimum atomic E-state index is -1.86. The summed E-state index contributed by atoms with van der Waals surface area (Å²) < 4.78 is 51.0. The predicted molar refractivity (Wildman–Crippen MR) is 154 cm³/mol. The van der Waals surface area contributed by atoms with E-state index >= 15 is 13.2 Å². The van der Waals surface area contributed by atoms with Gasteiger partial charge in [0.05, 0.1) is 12.2 Å². The zero-order chi connectivity index (χ0) is 30.4. The van der Waals surface area contributed by atoms with Gasteiger partial charge in [0.25, 0.3) is 0 Å². The monoisotopic (exact) mass is 589 g/mol. The highest BCUT2D eigenvalue weighted by molar-refractivity contribution is 5.79. The van der Waals surface area contributed by atoms with Crippen molar-refractivity contribution in [2.24, 2.45) is 23.5 Å². The van der Waals surface area contributed by atoms with E-state index in [1.807, 2.05) is 7.05 Å². The van der Waals surface area contributed by atoms with Gasteiger partial charge in [-0.25, -0.2) is 18.0 Å². The van der Waals surface area contributed by atoms with Crippen LogP contribution >= 0.6 is 0 Å². The minimum absolute atomic E-state index is 0.0395. The van der Waals surface area contributed by atoms with Crippen LogP contribution in [0.25, 0.3) is 11.1 Å². The Balaban J connectivity index is 1.70. The SMILES string of the molecule is CNCC1CCC(C(=O)N2CCC[C@@H]([C@@](O)(CCCOC(N)=O)c3cc(F)c(C)c(F)c3-c3ccccc3F)C2)CC1. The van der Waals surface area contributed by atoms with Gasteiger partial charge in [0.2, 0.25) is 5.91 Å². The molecule has 42 heavy (non-hydrogen) atoms. The molecule has 2 atom stereocenters. The van der Waals surface area contributed by atoms with E-state index in [0.29, 0.717) is 25.3 Å². The number of hydrogen-bond acceptors (Lipinski definition) is 5. The molecule has 7 nitrogen and oxygen atoms in total. The Labute approximate surface area is 245 Å². The molecule has 4 rings (SSSR count). The van der Waals surface area contributed by atoms with Crippen LogP contribution in [0.4, 0.5) is 18.0 Å². The molecule has 230 valence electrons. The van der Waals surface area contributed by atoms with Crippen LogP contribution in [0.15, 0.2) is 30.3 Å². The number of nitrogens with two attached hydrogens (primary N) is 1. The van der Waals surface area contributed by atoms with Crippen LogP contribution in [0.3, 0.4) is 0 Å². The number of aliphatic hydroxyl groups is 1. The maximum Gasteiger partial charge on any atom is 0.404 e. The van der Waals surface area contributed by atoms with E-state index in [0.717, 1.165) is 38.3 Å². The molecule has 1 heterocycles. The first-order valence-electron chi connectivity index (χ1n) is 14.9. The van der Waals surface area contributed by atoms with Crippen LogP contribution in [0.1, 0.15) is 62.5 Å². The van der Waals surface area contributed by atoms with Crippen molar-refractivity contribution in [2.75, 3.05) is 33.3 Å². The number of rotatable bonds is 10. The van der Waals surface area contributed by atoms with E-state index in [9.17, 15) is 14.7 Å². The smallest absolute Gasteiger partial charge is 0.404 e. The quantitative estimate of drug-likeness (QED) is 0.322. The van der Waals surface area contributed by atoms with Crippen molar-refractivity contribution in [1.29, 1.82) is 0 Å². The number of halogens is 3. The van der Waals surface area contributed by atoms with Crippen LogP contribution in [0, 0.1) is 42.1 Å². The Morgan fingerprint density at radius 2 is 1.83 bits per heavy atom. The number of nitrogens with zero attached hydrogens (tertiary/aromatic N) is 1. The van der Waals surface area contributed by atoms with Crippen molar-refractivity contribution in [2.45, 2.75) is 63.9 Å². The molecule has 4 N–H and O–H groups in total. The number of primary amides is 1. The molecule has 0 bridgehead atoms. The van der Waals surface area contributed by atoms with Crippen LogP contribution in [0.2, 0.25) is 0 Å². The second-order valence-corrected chi connectivity index (χ2v) is 11.8. The van der Waals surface area contributed by atoms with Crippen molar-refractivity contribution in [3.8, 4) is 11.1 Å². The summed E-state index contributed by atoms with van der Waals surface area (Å²) in [5.74, 6) is -2.65. The van der Waals surface area contributed by atoms with Crippen molar-refractivity contribution in [3.05, 3.63) is 58.9 Å². The van der Waals surface area contributed by atoms with E-state index in [1.54, 1.807) is 11.0 Å². The molecule has 0 radical (unpaired) electrons. The average Bonchev–Trinajstić information content (AvgIpc) is 2.98. The third kappa shape index (κ3) is 6.92. The van der Waals surface area contributed by atoms with Gasteiger partial charge < -0.3 is 25.8 Å². The van der Waals surface area contributed by atoms with Gasteiger partial charge in [0, 0.05) is 41.6 Å². The minimum Gasteiger partial charge on any atom is -0.450 e. The third-order valence-corrected chi connectivity index (χ3v) is 9.10. The number of ether oxygens (including phenoxy) is 1. The molecule has 2 aromatic rings. The highest BCUT2D eigenvalue weighted by atomic mass is 19.1. The van der Waals surface area contributed by atoms with Crippen LogP contribution in [-0.4, -0.2) is 55.3 Å². The molecular formula is C32H42F3N3O4. The van der Waals surface area contributed by atoms with Gasteiger partial charge in [-0.2, -0.15) is 0 Å². The van der Waals surface area contributed by atoms with Crippen LogP contribution in [0.5, 0.6) is 0 Å². The maximum atomic E-state index is 15.8. The van der Waals surface area contributed by atoms with E-state index < -0.39 is 35.1 Å². The number of carbonyl (C=O) groups excluding carboxylic acids is 2. The second kappa shape index (κ2) is 13.9.